The predicted octanol–water partition coefficient (Wildman–Crippen LogP) is 5.95. The number of carbonyl (C=O) groups is 1. The third-order valence-electron chi connectivity index (χ3n) is 6.18. The number of carbonyl (C=O) groups excluding carboxylic acids is 1. The smallest absolute Gasteiger partial charge is 0.284 e. The SMILES string of the molecule is Cc1ccccc1N1CS/C(=N\C2CCCCC2)N(C2CCCCC2)C1=O. The maximum Gasteiger partial charge on any atom is 0.331 e. The Morgan fingerprint density at radius 1 is 0.963 bits per heavy atom. The number of thioether (sulfide) groups is 1. The second-order valence-corrected chi connectivity index (χ2v) is 9.05. The number of anilines is 1. The van der Waals surface area contributed by atoms with E-state index in [2.05, 4.69) is 24.0 Å². The number of aryl methyl sites for hydroxylation is 1. The summed E-state index contributed by atoms with van der Waals surface area (Å²) < 4.78 is 0. The summed E-state index contributed by atoms with van der Waals surface area (Å²) in [5, 5.41) is 0.989. The van der Waals surface area contributed by atoms with Crippen molar-refractivity contribution in [3.8, 4) is 0 Å². The number of para-hydroxylation sites is 1. The molecule has 5 heteroatoms. The lowest BCUT2D eigenvalue weighted by atomic mass is 9.94. The van der Waals surface area contributed by atoms with Gasteiger partial charge >= 0.3 is 6.03 Å². The highest BCUT2D eigenvalue weighted by Crippen LogP contribution is 2.34. The van der Waals surface area contributed by atoms with Crippen molar-refractivity contribution in [2.75, 3.05) is 10.8 Å². The number of amidine groups is 1. The maximum absolute atomic E-state index is 13.6. The Balaban J connectivity index is 1.62. The predicted molar refractivity (Wildman–Crippen MR) is 115 cm³/mol. The Bertz CT molecular complexity index is 693. The van der Waals surface area contributed by atoms with Gasteiger partial charge in [0, 0.05) is 11.7 Å². The van der Waals surface area contributed by atoms with E-state index in [1.165, 1.54) is 51.4 Å². The number of hydrogen-bond acceptors (Lipinski definition) is 3. The molecule has 0 aromatic heterocycles. The number of aliphatic imine (C=N–C) groups is 1. The molecule has 1 heterocycles. The first-order valence-corrected chi connectivity index (χ1v) is 11.6. The third kappa shape index (κ3) is 4.18. The molecule has 1 aromatic carbocycles. The van der Waals surface area contributed by atoms with Gasteiger partial charge in [-0.25, -0.2) is 4.79 Å². The Labute approximate surface area is 167 Å². The van der Waals surface area contributed by atoms with Gasteiger partial charge in [0.25, 0.3) is 0 Å². The number of benzene rings is 1. The summed E-state index contributed by atoms with van der Waals surface area (Å²) in [6.07, 6.45) is 12.2. The number of hydrogen-bond donors (Lipinski definition) is 0. The first-order chi connectivity index (χ1) is 13.2. The lowest BCUT2D eigenvalue weighted by Gasteiger charge is -2.42. The highest BCUT2D eigenvalue weighted by molar-refractivity contribution is 8.14. The normalized spacial score (nSPS) is 24.6. The second-order valence-electron chi connectivity index (χ2n) is 8.14. The minimum absolute atomic E-state index is 0.129. The first kappa shape index (κ1) is 18.9. The molecular formula is C22H31N3OS. The van der Waals surface area contributed by atoms with E-state index in [0.717, 1.165) is 29.3 Å². The third-order valence-corrected chi connectivity index (χ3v) is 7.13. The fourth-order valence-electron chi connectivity index (χ4n) is 4.62. The van der Waals surface area contributed by atoms with Gasteiger partial charge in [-0.3, -0.25) is 14.8 Å². The Hall–Kier alpha value is -1.49. The van der Waals surface area contributed by atoms with Crippen LogP contribution in [0.2, 0.25) is 0 Å². The van der Waals surface area contributed by atoms with Gasteiger partial charge in [-0.2, -0.15) is 0 Å². The molecule has 3 fully saturated rings. The maximum atomic E-state index is 13.6. The summed E-state index contributed by atoms with van der Waals surface area (Å²) in [6.45, 7) is 2.09. The van der Waals surface area contributed by atoms with Crippen LogP contribution >= 0.6 is 11.8 Å². The van der Waals surface area contributed by atoms with Crippen LogP contribution in [-0.2, 0) is 0 Å². The fraction of sp³-hybridized carbons (Fsp3) is 0.636. The average molecular weight is 386 g/mol. The van der Waals surface area contributed by atoms with Crippen LogP contribution in [0.15, 0.2) is 29.3 Å². The van der Waals surface area contributed by atoms with Crippen LogP contribution in [0, 0.1) is 6.92 Å². The zero-order valence-corrected chi connectivity index (χ0v) is 17.2. The average Bonchev–Trinajstić information content (AvgIpc) is 2.71. The van der Waals surface area contributed by atoms with Crippen LogP contribution in [0.5, 0.6) is 0 Å². The summed E-state index contributed by atoms with van der Waals surface area (Å²) in [5.74, 6) is 0.665. The molecule has 0 spiro atoms. The van der Waals surface area contributed by atoms with Gasteiger partial charge < -0.3 is 0 Å². The van der Waals surface area contributed by atoms with E-state index in [9.17, 15) is 4.79 Å². The summed E-state index contributed by atoms with van der Waals surface area (Å²) in [4.78, 5) is 22.7. The van der Waals surface area contributed by atoms with E-state index in [-0.39, 0.29) is 6.03 Å². The van der Waals surface area contributed by atoms with Crippen molar-refractivity contribution in [3.63, 3.8) is 0 Å². The van der Waals surface area contributed by atoms with Gasteiger partial charge in [0.2, 0.25) is 0 Å². The Morgan fingerprint density at radius 3 is 2.33 bits per heavy atom. The van der Waals surface area contributed by atoms with Gasteiger partial charge in [-0.05, 0) is 44.2 Å². The van der Waals surface area contributed by atoms with Gasteiger partial charge in [0.15, 0.2) is 5.17 Å². The minimum atomic E-state index is 0.129. The zero-order valence-electron chi connectivity index (χ0n) is 16.4. The van der Waals surface area contributed by atoms with Gasteiger partial charge in [-0.1, -0.05) is 68.5 Å². The molecule has 2 saturated carbocycles. The van der Waals surface area contributed by atoms with Crippen molar-refractivity contribution in [3.05, 3.63) is 29.8 Å². The molecule has 0 unspecified atom stereocenters. The van der Waals surface area contributed by atoms with E-state index in [4.69, 9.17) is 4.99 Å². The van der Waals surface area contributed by atoms with Crippen molar-refractivity contribution in [2.45, 2.75) is 83.2 Å². The largest absolute Gasteiger partial charge is 0.331 e. The van der Waals surface area contributed by atoms with Crippen molar-refractivity contribution in [1.29, 1.82) is 0 Å². The van der Waals surface area contributed by atoms with Crippen LogP contribution < -0.4 is 4.90 Å². The fourth-order valence-corrected chi connectivity index (χ4v) is 5.70. The van der Waals surface area contributed by atoms with E-state index in [0.29, 0.717) is 18.0 Å². The summed E-state index contributed by atoms with van der Waals surface area (Å²) >= 11 is 1.76. The Morgan fingerprint density at radius 2 is 1.63 bits per heavy atom. The molecule has 2 amide bonds. The summed E-state index contributed by atoms with van der Waals surface area (Å²) in [6, 6.07) is 9.06. The number of nitrogens with zero attached hydrogens (tertiary/aromatic N) is 3. The van der Waals surface area contributed by atoms with Crippen LogP contribution in [0.25, 0.3) is 0 Å². The topological polar surface area (TPSA) is 35.9 Å². The van der Waals surface area contributed by atoms with E-state index in [1.54, 1.807) is 11.8 Å². The van der Waals surface area contributed by atoms with Crippen LogP contribution in [0.3, 0.4) is 0 Å². The summed E-state index contributed by atoms with van der Waals surface area (Å²) in [5.41, 5.74) is 2.19. The molecule has 1 aromatic rings. The van der Waals surface area contributed by atoms with Gasteiger partial charge in [-0.15, -0.1) is 0 Å². The van der Waals surface area contributed by atoms with E-state index < -0.39 is 0 Å². The molecule has 1 aliphatic heterocycles. The first-order valence-electron chi connectivity index (χ1n) is 10.6. The molecule has 0 bridgehead atoms. The van der Waals surface area contributed by atoms with Gasteiger partial charge in [0.05, 0.1) is 11.9 Å². The van der Waals surface area contributed by atoms with Crippen molar-refractivity contribution in [1.82, 2.24) is 4.90 Å². The van der Waals surface area contributed by atoms with Crippen LogP contribution in [-0.4, -0.2) is 34.1 Å². The quantitative estimate of drug-likeness (QED) is 0.644. The standard InChI is InChI=1S/C22H31N3OS/c1-17-10-8-9-15-20(17)24-16-27-21(23-18-11-4-2-5-12-18)25(22(24)26)19-13-6-3-7-14-19/h8-10,15,18-19H,2-7,11-14,16H2,1H3/b23-21-. The van der Waals surface area contributed by atoms with Crippen molar-refractivity contribution < 1.29 is 4.79 Å². The molecule has 0 N–H and O–H groups in total. The summed E-state index contributed by atoms with van der Waals surface area (Å²) in [7, 11) is 0. The van der Waals surface area contributed by atoms with Crippen molar-refractivity contribution >= 4 is 28.6 Å². The second kappa shape index (κ2) is 8.68. The van der Waals surface area contributed by atoms with Crippen LogP contribution in [0.1, 0.15) is 69.8 Å². The monoisotopic (exact) mass is 385 g/mol. The molecule has 146 valence electrons. The molecule has 0 radical (unpaired) electrons. The van der Waals surface area contributed by atoms with E-state index in [1.807, 2.05) is 17.0 Å². The number of urea groups is 1. The van der Waals surface area contributed by atoms with Crippen LogP contribution in [0.4, 0.5) is 10.5 Å². The van der Waals surface area contributed by atoms with E-state index >= 15 is 0 Å². The molecule has 3 aliphatic rings. The molecule has 27 heavy (non-hydrogen) atoms. The number of rotatable bonds is 3. The highest BCUT2D eigenvalue weighted by atomic mass is 32.2. The minimum Gasteiger partial charge on any atom is -0.284 e. The number of amides is 2. The van der Waals surface area contributed by atoms with Crippen molar-refractivity contribution in [2.24, 2.45) is 4.99 Å². The molecule has 1 saturated heterocycles. The Kier molecular flexibility index (Phi) is 6.06. The lowest BCUT2D eigenvalue weighted by molar-refractivity contribution is 0.202. The zero-order chi connectivity index (χ0) is 18.6. The molecule has 2 aliphatic carbocycles. The molecule has 0 atom stereocenters. The molecular weight excluding hydrogens is 354 g/mol. The highest BCUT2D eigenvalue weighted by Gasteiger charge is 2.38. The molecule has 4 rings (SSSR count). The van der Waals surface area contributed by atoms with Gasteiger partial charge in [0.1, 0.15) is 0 Å². The lowest BCUT2D eigenvalue weighted by Crippen LogP contribution is -2.55. The molecule has 4 nitrogen and oxygen atoms in total.